The maximum atomic E-state index is 10.1. The van der Waals surface area contributed by atoms with E-state index in [0.29, 0.717) is 11.5 Å². The third-order valence-electron chi connectivity index (χ3n) is 4.82. The lowest BCUT2D eigenvalue weighted by Gasteiger charge is -2.39. The molecule has 1 aliphatic heterocycles. The second-order valence-electron chi connectivity index (χ2n) is 6.80. The van der Waals surface area contributed by atoms with E-state index < -0.39 is 37.3 Å². The van der Waals surface area contributed by atoms with Crippen LogP contribution in [0.4, 0.5) is 0 Å². The zero-order chi connectivity index (χ0) is 21.0. The van der Waals surface area contributed by atoms with Gasteiger partial charge in [-0.2, -0.15) is 0 Å². The van der Waals surface area contributed by atoms with Gasteiger partial charge in [0.15, 0.2) is 17.7 Å². The molecule has 9 heteroatoms. The molecule has 8 nitrogen and oxygen atoms in total. The number of aliphatic hydroxyl groups is 4. The summed E-state index contributed by atoms with van der Waals surface area (Å²) in [5.74, 6) is 0.695. The molecule has 0 aliphatic carbocycles. The van der Waals surface area contributed by atoms with Crippen LogP contribution in [0.1, 0.15) is 11.3 Å². The molecule has 1 aromatic carbocycles. The van der Waals surface area contributed by atoms with Crippen molar-refractivity contribution in [3.63, 3.8) is 0 Å². The molecule has 5 atom stereocenters. The summed E-state index contributed by atoms with van der Waals surface area (Å²) in [4.78, 5) is 0. The van der Waals surface area contributed by atoms with Gasteiger partial charge in [-0.05, 0) is 29.8 Å². The van der Waals surface area contributed by atoms with Gasteiger partial charge >= 0.3 is 0 Å². The molecule has 0 bridgehead atoms. The van der Waals surface area contributed by atoms with Crippen LogP contribution in [-0.4, -0.2) is 64.8 Å². The van der Waals surface area contributed by atoms with Crippen molar-refractivity contribution in [3.8, 4) is 11.5 Å². The zero-order valence-corrected chi connectivity index (χ0v) is 18.8. The number of hydrogen-bond donors (Lipinski definition) is 4. The number of methoxy groups -OCH3 is 1. The van der Waals surface area contributed by atoms with Gasteiger partial charge in [-0.15, -0.1) is 0 Å². The average Bonchev–Trinajstić information content (AvgIpc) is 2.74. The van der Waals surface area contributed by atoms with E-state index in [1.165, 1.54) is 7.11 Å². The van der Waals surface area contributed by atoms with Crippen molar-refractivity contribution in [1.82, 2.24) is 0 Å². The second-order valence-corrected chi connectivity index (χ2v) is 6.80. The van der Waals surface area contributed by atoms with Crippen LogP contribution in [-0.2, 0) is 11.8 Å². The fourth-order valence-electron chi connectivity index (χ4n) is 3.07. The van der Waals surface area contributed by atoms with Crippen LogP contribution >= 0.6 is 0 Å². The van der Waals surface area contributed by atoms with Crippen molar-refractivity contribution < 1.29 is 63.2 Å². The van der Waals surface area contributed by atoms with E-state index in [-0.39, 0.29) is 24.0 Å². The Labute approximate surface area is 192 Å². The van der Waals surface area contributed by atoms with E-state index in [1.807, 2.05) is 48.2 Å². The standard InChI is InChI=1S/C21H26NO7.HI/c1-22-10-4-3-5-14(22)8-6-13-7-9-15(16(11-13)27-2)28-21-20(26)19(25)18(24)17(12-23)29-21;/h3-11,17-21,23-26H,12H2,1-2H3;1H/q+1;/p-1/b8-6+;/t17-,18+,19+,20-,21-;/m1./s1. The van der Waals surface area contributed by atoms with Gasteiger partial charge in [0.25, 0.3) is 0 Å². The molecule has 1 fully saturated rings. The van der Waals surface area contributed by atoms with E-state index >= 15 is 0 Å². The molecule has 0 radical (unpaired) electrons. The minimum absolute atomic E-state index is 0. The molecular weight excluding hydrogens is 505 g/mol. The maximum Gasteiger partial charge on any atom is 0.229 e. The summed E-state index contributed by atoms with van der Waals surface area (Å²) < 4.78 is 18.4. The van der Waals surface area contributed by atoms with Gasteiger partial charge in [0.05, 0.1) is 13.7 Å². The molecule has 3 rings (SSSR count). The average molecular weight is 531 g/mol. The molecule has 164 valence electrons. The lowest BCUT2D eigenvalue weighted by atomic mass is 9.99. The number of aliphatic hydroxyl groups excluding tert-OH is 4. The molecule has 4 N–H and O–H groups in total. The summed E-state index contributed by atoms with van der Waals surface area (Å²) >= 11 is 0. The number of nitrogens with zero attached hydrogens (tertiary/aromatic N) is 1. The largest absolute Gasteiger partial charge is 1.00 e. The van der Waals surface area contributed by atoms with Gasteiger partial charge < -0.3 is 58.6 Å². The van der Waals surface area contributed by atoms with Crippen molar-refractivity contribution >= 4 is 12.2 Å². The van der Waals surface area contributed by atoms with Crippen molar-refractivity contribution in [2.24, 2.45) is 7.05 Å². The van der Waals surface area contributed by atoms with E-state index in [2.05, 4.69) is 0 Å². The molecule has 1 aromatic heterocycles. The Morgan fingerprint density at radius 1 is 1.03 bits per heavy atom. The topological polar surface area (TPSA) is 112 Å². The first kappa shape index (κ1) is 24.5. The quantitative estimate of drug-likeness (QED) is 0.231. The van der Waals surface area contributed by atoms with Crippen molar-refractivity contribution in [2.75, 3.05) is 13.7 Å². The fraction of sp³-hybridized carbons (Fsp3) is 0.381. The Morgan fingerprint density at radius 3 is 2.47 bits per heavy atom. The molecule has 2 aromatic rings. The number of aryl methyl sites for hydroxylation is 1. The van der Waals surface area contributed by atoms with Gasteiger partial charge in [-0.1, -0.05) is 6.07 Å². The summed E-state index contributed by atoms with van der Waals surface area (Å²) in [6.07, 6.45) is -0.910. The number of aromatic nitrogens is 1. The number of pyridine rings is 1. The van der Waals surface area contributed by atoms with Gasteiger partial charge in [0, 0.05) is 18.2 Å². The monoisotopic (exact) mass is 531 g/mol. The SMILES string of the molecule is COc1cc(/C=C/c2cccc[n+]2C)ccc1O[C@@H]1O[C@H](CO)[C@H](O)[C@H](O)[C@H]1O.[I-]. The molecule has 1 aliphatic rings. The third-order valence-corrected chi connectivity index (χ3v) is 4.82. The Hall–Kier alpha value is -1.76. The Kier molecular flexibility index (Phi) is 9.01. The summed E-state index contributed by atoms with van der Waals surface area (Å²) in [5, 5.41) is 39.2. The first-order valence-corrected chi connectivity index (χ1v) is 9.22. The Morgan fingerprint density at radius 2 is 1.80 bits per heavy atom. The van der Waals surface area contributed by atoms with Crippen LogP contribution < -0.4 is 38.0 Å². The molecule has 0 saturated carbocycles. The number of hydrogen-bond acceptors (Lipinski definition) is 7. The molecule has 30 heavy (non-hydrogen) atoms. The normalized spacial score (nSPS) is 26.3. The number of halogens is 1. The Balaban J connectivity index is 0.00000320. The highest BCUT2D eigenvalue weighted by Crippen LogP contribution is 2.32. The summed E-state index contributed by atoms with van der Waals surface area (Å²) in [6, 6.07) is 11.1. The number of rotatable bonds is 6. The molecule has 0 spiro atoms. The summed E-state index contributed by atoms with van der Waals surface area (Å²) in [5.41, 5.74) is 1.89. The summed E-state index contributed by atoms with van der Waals surface area (Å²) in [7, 11) is 3.44. The van der Waals surface area contributed by atoms with E-state index in [0.717, 1.165) is 11.3 Å². The van der Waals surface area contributed by atoms with Crippen molar-refractivity contribution in [3.05, 3.63) is 53.9 Å². The summed E-state index contributed by atoms with van der Waals surface area (Å²) in [6.45, 7) is -0.525. The van der Waals surface area contributed by atoms with Gasteiger partial charge in [0.2, 0.25) is 12.0 Å². The first-order chi connectivity index (χ1) is 13.9. The lowest BCUT2D eigenvalue weighted by molar-refractivity contribution is -0.673. The van der Waals surface area contributed by atoms with E-state index in [4.69, 9.17) is 14.2 Å². The van der Waals surface area contributed by atoms with Gasteiger partial charge in [-0.25, -0.2) is 4.57 Å². The van der Waals surface area contributed by atoms with Crippen molar-refractivity contribution in [1.29, 1.82) is 0 Å². The molecule has 1 saturated heterocycles. The second kappa shape index (κ2) is 11.0. The minimum Gasteiger partial charge on any atom is -1.00 e. The fourth-order valence-corrected chi connectivity index (χ4v) is 3.07. The highest BCUT2D eigenvalue weighted by Gasteiger charge is 2.44. The predicted octanol–water partition coefficient (Wildman–Crippen LogP) is -3.13. The minimum atomic E-state index is -1.51. The number of benzene rings is 1. The van der Waals surface area contributed by atoms with Crippen LogP contribution in [0.25, 0.3) is 12.2 Å². The lowest BCUT2D eigenvalue weighted by Crippen LogP contribution is -3.00. The molecule has 0 unspecified atom stereocenters. The highest BCUT2D eigenvalue weighted by atomic mass is 127. The van der Waals surface area contributed by atoms with Gasteiger partial charge in [-0.3, -0.25) is 0 Å². The zero-order valence-electron chi connectivity index (χ0n) is 16.6. The van der Waals surface area contributed by atoms with E-state index in [1.54, 1.807) is 18.2 Å². The van der Waals surface area contributed by atoms with Crippen LogP contribution in [0.2, 0.25) is 0 Å². The highest BCUT2D eigenvalue weighted by molar-refractivity contribution is 5.68. The predicted molar refractivity (Wildman–Crippen MR) is 104 cm³/mol. The van der Waals surface area contributed by atoms with Crippen LogP contribution in [0.15, 0.2) is 42.6 Å². The first-order valence-electron chi connectivity index (χ1n) is 9.22. The molecule has 2 heterocycles. The van der Waals surface area contributed by atoms with Crippen molar-refractivity contribution in [2.45, 2.75) is 30.7 Å². The molecule has 0 amide bonds. The Bertz CT molecular complexity index is 861. The molecular formula is C21H26INO7. The van der Waals surface area contributed by atoms with Crippen LogP contribution in [0.5, 0.6) is 11.5 Å². The van der Waals surface area contributed by atoms with Crippen LogP contribution in [0, 0.1) is 0 Å². The number of ether oxygens (including phenoxy) is 3. The maximum absolute atomic E-state index is 10.1. The third kappa shape index (κ3) is 5.48. The van der Waals surface area contributed by atoms with E-state index in [9.17, 15) is 20.4 Å². The van der Waals surface area contributed by atoms with Crippen LogP contribution in [0.3, 0.4) is 0 Å². The smallest absolute Gasteiger partial charge is 0.229 e. The van der Waals surface area contributed by atoms with Gasteiger partial charge in [0.1, 0.15) is 31.5 Å².